The van der Waals surface area contributed by atoms with Gasteiger partial charge in [-0.25, -0.2) is 12.7 Å². The second kappa shape index (κ2) is 7.77. The van der Waals surface area contributed by atoms with E-state index >= 15 is 0 Å². The average molecular weight is 302 g/mol. The van der Waals surface area contributed by atoms with Crippen molar-refractivity contribution < 1.29 is 8.42 Å². The summed E-state index contributed by atoms with van der Waals surface area (Å²) in [7, 11) is -1.47. The van der Waals surface area contributed by atoms with Crippen LogP contribution in [0.2, 0.25) is 0 Å². The van der Waals surface area contributed by atoms with Crippen LogP contribution in [0.5, 0.6) is 0 Å². The van der Waals surface area contributed by atoms with Crippen molar-refractivity contribution in [3.63, 3.8) is 0 Å². The molecule has 1 aromatic rings. The van der Waals surface area contributed by atoms with Gasteiger partial charge in [-0.15, -0.1) is 11.8 Å². The number of hydrogen-bond acceptors (Lipinski definition) is 4. The Balaban J connectivity index is 2.41. The minimum Gasteiger partial charge on any atom is -0.399 e. The lowest BCUT2D eigenvalue weighted by molar-refractivity contribution is 0.460. The first-order chi connectivity index (χ1) is 8.95. The van der Waals surface area contributed by atoms with Crippen LogP contribution in [0.15, 0.2) is 29.2 Å². The van der Waals surface area contributed by atoms with E-state index in [0.29, 0.717) is 12.3 Å². The van der Waals surface area contributed by atoms with Crippen LogP contribution in [0.3, 0.4) is 0 Å². The molecule has 0 fully saturated rings. The van der Waals surface area contributed by atoms with Crippen LogP contribution < -0.4 is 5.73 Å². The van der Waals surface area contributed by atoms with Crippen LogP contribution in [0.1, 0.15) is 19.8 Å². The van der Waals surface area contributed by atoms with E-state index in [1.165, 1.54) is 16.1 Å². The highest BCUT2D eigenvalue weighted by molar-refractivity contribution is 8.00. The van der Waals surface area contributed by atoms with Gasteiger partial charge >= 0.3 is 0 Å². The van der Waals surface area contributed by atoms with E-state index in [-0.39, 0.29) is 5.75 Å². The van der Waals surface area contributed by atoms with E-state index in [9.17, 15) is 8.42 Å². The lowest BCUT2D eigenvalue weighted by atomic mass is 10.3. The molecule has 108 valence electrons. The van der Waals surface area contributed by atoms with Gasteiger partial charge in [0.1, 0.15) is 0 Å². The Morgan fingerprint density at radius 2 is 1.89 bits per heavy atom. The molecule has 19 heavy (non-hydrogen) atoms. The van der Waals surface area contributed by atoms with Crippen LogP contribution in [-0.2, 0) is 10.0 Å². The summed E-state index contributed by atoms with van der Waals surface area (Å²) >= 11 is 1.54. The molecule has 6 heteroatoms. The Labute approximate surface area is 120 Å². The molecule has 1 aromatic carbocycles. The number of nitrogen functional groups attached to an aromatic ring is 1. The maximum Gasteiger partial charge on any atom is 0.214 e. The minimum atomic E-state index is -3.12. The SMILES string of the molecule is CCCCN(C)S(=O)(=O)CCSc1ccc(N)cc1. The van der Waals surface area contributed by atoms with Gasteiger partial charge in [0.2, 0.25) is 10.0 Å². The van der Waals surface area contributed by atoms with Gasteiger partial charge in [-0.05, 0) is 30.7 Å². The van der Waals surface area contributed by atoms with Gasteiger partial charge in [-0.1, -0.05) is 13.3 Å². The smallest absolute Gasteiger partial charge is 0.214 e. The largest absolute Gasteiger partial charge is 0.399 e. The van der Waals surface area contributed by atoms with Crippen LogP contribution in [-0.4, -0.2) is 37.8 Å². The van der Waals surface area contributed by atoms with Crippen molar-refractivity contribution in [3.05, 3.63) is 24.3 Å². The number of nitrogens with two attached hydrogens (primary N) is 1. The molecule has 1 rings (SSSR count). The van der Waals surface area contributed by atoms with Crippen LogP contribution in [0, 0.1) is 0 Å². The Morgan fingerprint density at radius 3 is 2.47 bits per heavy atom. The fraction of sp³-hybridized carbons (Fsp3) is 0.538. The zero-order chi connectivity index (χ0) is 14.3. The molecule has 0 saturated carbocycles. The molecule has 0 spiro atoms. The average Bonchev–Trinajstić information content (AvgIpc) is 2.38. The molecule has 0 aromatic heterocycles. The monoisotopic (exact) mass is 302 g/mol. The highest BCUT2D eigenvalue weighted by Gasteiger charge is 2.16. The summed E-state index contributed by atoms with van der Waals surface area (Å²) < 4.78 is 25.4. The number of nitrogens with zero attached hydrogens (tertiary/aromatic N) is 1. The van der Waals surface area contributed by atoms with E-state index in [4.69, 9.17) is 5.73 Å². The molecule has 0 aliphatic heterocycles. The van der Waals surface area contributed by atoms with E-state index in [2.05, 4.69) is 6.92 Å². The molecule has 0 heterocycles. The maximum atomic E-state index is 12.0. The van der Waals surface area contributed by atoms with Crippen molar-refractivity contribution >= 4 is 27.5 Å². The van der Waals surface area contributed by atoms with Crippen molar-refractivity contribution in [1.82, 2.24) is 4.31 Å². The van der Waals surface area contributed by atoms with E-state index in [1.807, 2.05) is 24.3 Å². The third-order valence-corrected chi connectivity index (χ3v) is 5.92. The standard InChI is InChI=1S/C13H22N2O2S2/c1-3-4-9-15(2)19(16,17)11-10-18-13-7-5-12(14)6-8-13/h5-8H,3-4,9-11,14H2,1-2H3. The first-order valence-corrected chi connectivity index (χ1v) is 8.97. The number of thioether (sulfide) groups is 1. The molecule has 0 saturated heterocycles. The third kappa shape index (κ3) is 5.84. The van der Waals surface area contributed by atoms with E-state index in [1.54, 1.807) is 7.05 Å². The predicted octanol–water partition coefficient (Wildman–Crippen LogP) is 2.42. The van der Waals surface area contributed by atoms with Crippen molar-refractivity contribution in [1.29, 1.82) is 0 Å². The zero-order valence-electron chi connectivity index (χ0n) is 11.5. The quantitative estimate of drug-likeness (QED) is 0.592. The van der Waals surface area contributed by atoms with Gasteiger partial charge in [-0.2, -0.15) is 0 Å². The number of benzene rings is 1. The summed E-state index contributed by atoms with van der Waals surface area (Å²) in [4.78, 5) is 1.04. The highest BCUT2D eigenvalue weighted by atomic mass is 32.2. The molecule has 0 radical (unpaired) electrons. The van der Waals surface area contributed by atoms with Crippen molar-refractivity contribution in [2.24, 2.45) is 0 Å². The summed E-state index contributed by atoms with van der Waals surface area (Å²) in [5.41, 5.74) is 6.32. The number of rotatable bonds is 8. The molecule has 0 bridgehead atoms. The number of sulfonamides is 1. The van der Waals surface area contributed by atoms with Gasteiger partial charge in [-0.3, -0.25) is 0 Å². The van der Waals surface area contributed by atoms with E-state index in [0.717, 1.165) is 23.4 Å². The lowest BCUT2D eigenvalue weighted by Crippen LogP contribution is -2.30. The second-order valence-electron chi connectivity index (χ2n) is 4.41. The summed E-state index contributed by atoms with van der Waals surface area (Å²) in [6.07, 6.45) is 1.90. The number of hydrogen-bond donors (Lipinski definition) is 1. The third-order valence-electron chi connectivity index (χ3n) is 2.79. The fourth-order valence-electron chi connectivity index (χ4n) is 1.50. The fourth-order valence-corrected chi connectivity index (χ4v) is 3.96. The molecule has 2 N–H and O–H groups in total. The molecule has 4 nitrogen and oxygen atoms in total. The zero-order valence-corrected chi connectivity index (χ0v) is 13.1. The molecule has 0 aliphatic carbocycles. The topological polar surface area (TPSA) is 63.4 Å². The summed E-state index contributed by atoms with van der Waals surface area (Å²) in [6, 6.07) is 7.47. The van der Waals surface area contributed by atoms with Gasteiger partial charge in [0.05, 0.1) is 5.75 Å². The first kappa shape index (κ1) is 16.3. The minimum absolute atomic E-state index is 0.169. The Bertz CT molecular complexity index is 472. The summed E-state index contributed by atoms with van der Waals surface area (Å²) in [6.45, 7) is 2.66. The Hall–Kier alpha value is -0.720. The Morgan fingerprint density at radius 1 is 1.26 bits per heavy atom. The normalized spacial score (nSPS) is 11.9. The predicted molar refractivity (Wildman–Crippen MR) is 82.9 cm³/mol. The molecule has 0 amide bonds. The number of anilines is 1. The van der Waals surface area contributed by atoms with Gasteiger partial charge in [0, 0.05) is 29.9 Å². The molecule has 0 aliphatic rings. The Kier molecular flexibility index (Phi) is 6.68. The summed E-state index contributed by atoms with van der Waals surface area (Å²) in [5.74, 6) is 0.727. The lowest BCUT2D eigenvalue weighted by Gasteiger charge is -2.16. The van der Waals surface area contributed by atoms with Crippen molar-refractivity contribution in [2.75, 3.05) is 30.8 Å². The first-order valence-electron chi connectivity index (χ1n) is 6.38. The van der Waals surface area contributed by atoms with Gasteiger partial charge in [0.15, 0.2) is 0 Å². The van der Waals surface area contributed by atoms with Crippen LogP contribution in [0.4, 0.5) is 5.69 Å². The van der Waals surface area contributed by atoms with Gasteiger partial charge in [0.25, 0.3) is 0 Å². The molecule has 0 atom stereocenters. The van der Waals surface area contributed by atoms with E-state index < -0.39 is 10.0 Å². The van der Waals surface area contributed by atoms with Crippen LogP contribution in [0.25, 0.3) is 0 Å². The summed E-state index contributed by atoms with van der Waals surface area (Å²) in [5, 5.41) is 0. The molecular weight excluding hydrogens is 280 g/mol. The van der Waals surface area contributed by atoms with Crippen molar-refractivity contribution in [3.8, 4) is 0 Å². The van der Waals surface area contributed by atoms with Gasteiger partial charge < -0.3 is 5.73 Å². The highest BCUT2D eigenvalue weighted by Crippen LogP contribution is 2.19. The number of unbranched alkanes of at least 4 members (excludes halogenated alkanes) is 1. The maximum absolute atomic E-state index is 12.0. The van der Waals surface area contributed by atoms with Crippen molar-refractivity contribution in [2.45, 2.75) is 24.7 Å². The molecule has 0 unspecified atom stereocenters. The van der Waals surface area contributed by atoms with Crippen LogP contribution >= 0.6 is 11.8 Å². The molecular formula is C13H22N2O2S2. The second-order valence-corrected chi connectivity index (χ2v) is 7.77.